The normalized spacial score (nSPS) is 14.9. The first-order chi connectivity index (χ1) is 10.8. The van der Waals surface area contributed by atoms with Gasteiger partial charge in [0.1, 0.15) is 5.69 Å². The van der Waals surface area contributed by atoms with E-state index < -0.39 is 0 Å². The van der Waals surface area contributed by atoms with Gasteiger partial charge in [0, 0.05) is 12.4 Å². The van der Waals surface area contributed by atoms with Crippen LogP contribution in [0, 0.1) is 6.92 Å². The summed E-state index contributed by atoms with van der Waals surface area (Å²) >= 11 is 0. The third-order valence-corrected chi connectivity index (χ3v) is 4.02. The topological polar surface area (TPSA) is 50.4 Å². The number of aryl methyl sites for hydroxylation is 1. The maximum Gasteiger partial charge on any atom is 0.163 e. The highest BCUT2D eigenvalue weighted by atomic mass is 16.3. The molecule has 3 aromatic rings. The zero-order valence-corrected chi connectivity index (χ0v) is 12.2. The molecule has 1 aliphatic rings. The Morgan fingerprint density at radius 3 is 2.95 bits per heavy atom. The average Bonchev–Trinajstić information content (AvgIpc) is 3.08. The number of imidazole rings is 1. The maximum absolute atomic E-state index is 9.50. The summed E-state index contributed by atoms with van der Waals surface area (Å²) in [6.07, 6.45) is 9.83. The van der Waals surface area contributed by atoms with Gasteiger partial charge in [0.25, 0.3) is 0 Å². The Kier molecular flexibility index (Phi) is 2.91. The van der Waals surface area contributed by atoms with Gasteiger partial charge in [0.2, 0.25) is 0 Å². The molecule has 0 atom stereocenters. The van der Waals surface area contributed by atoms with Crippen molar-refractivity contribution in [3.63, 3.8) is 0 Å². The Morgan fingerprint density at radius 2 is 2.09 bits per heavy atom. The number of hydrogen-bond donors (Lipinski definition) is 1. The van der Waals surface area contributed by atoms with Crippen LogP contribution in [0.25, 0.3) is 23.4 Å². The average molecular weight is 289 g/mol. The van der Waals surface area contributed by atoms with Gasteiger partial charge in [-0.15, -0.1) is 0 Å². The van der Waals surface area contributed by atoms with E-state index in [0.717, 1.165) is 28.3 Å². The zero-order chi connectivity index (χ0) is 15.1. The number of allylic oxidation sites excluding steroid dienone is 2. The summed E-state index contributed by atoms with van der Waals surface area (Å²) in [6, 6.07) is 8.29. The molecule has 2 heterocycles. The van der Waals surface area contributed by atoms with Gasteiger partial charge in [-0.2, -0.15) is 0 Å². The fourth-order valence-electron chi connectivity index (χ4n) is 2.90. The molecule has 1 N–H and O–H groups in total. The van der Waals surface area contributed by atoms with Crippen LogP contribution >= 0.6 is 0 Å². The molecule has 1 aliphatic carbocycles. The van der Waals surface area contributed by atoms with Crippen LogP contribution in [0.2, 0.25) is 0 Å². The van der Waals surface area contributed by atoms with E-state index in [-0.39, 0.29) is 6.61 Å². The molecule has 0 aliphatic heterocycles. The van der Waals surface area contributed by atoms with Crippen LogP contribution in [0.5, 0.6) is 0 Å². The number of benzene rings is 1. The maximum atomic E-state index is 9.50. The second kappa shape index (κ2) is 4.93. The van der Waals surface area contributed by atoms with Crippen LogP contribution < -0.4 is 0 Å². The summed E-state index contributed by atoms with van der Waals surface area (Å²) in [7, 11) is 0. The minimum Gasteiger partial charge on any atom is -0.390 e. The number of aliphatic hydroxyl groups excluding tert-OH is 1. The highest BCUT2D eigenvalue weighted by molar-refractivity contribution is 5.98. The van der Waals surface area contributed by atoms with Crippen LogP contribution in [-0.2, 0) is 6.61 Å². The minimum atomic E-state index is -0.0320. The van der Waals surface area contributed by atoms with Crippen molar-refractivity contribution in [3.05, 3.63) is 70.9 Å². The van der Waals surface area contributed by atoms with E-state index in [9.17, 15) is 5.11 Å². The van der Waals surface area contributed by atoms with E-state index in [1.54, 1.807) is 6.20 Å². The lowest BCUT2D eigenvalue weighted by Gasteiger charge is -2.03. The fourth-order valence-corrected chi connectivity index (χ4v) is 2.90. The highest BCUT2D eigenvalue weighted by Crippen LogP contribution is 2.30. The fraction of sp³-hybridized carbons (Fsp3) is 0.111. The Balaban J connectivity index is 1.90. The molecule has 108 valence electrons. The Morgan fingerprint density at radius 1 is 1.23 bits per heavy atom. The van der Waals surface area contributed by atoms with Crippen molar-refractivity contribution in [1.82, 2.24) is 14.4 Å². The van der Waals surface area contributed by atoms with Gasteiger partial charge in [-0.1, -0.05) is 36.4 Å². The van der Waals surface area contributed by atoms with Gasteiger partial charge >= 0.3 is 0 Å². The molecule has 4 heteroatoms. The summed E-state index contributed by atoms with van der Waals surface area (Å²) in [5.41, 5.74) is 6.77. The minimum absolute atomic E-state index is 0.0320. The zero-order valence-electron chi connectivity index (χ0n) is 12.2. The molecule has 4 nitrogen and oxygen atoms in total. The third-order valence-electron chi connectivity index (χ3n) is 4.02. The predicted octanol–water partition coefficient (Wildman–Crippen LogP) is 3.10. The number of hydrogen-bond acceptors (Lipinski definition) is 3. The molecule has 0 bridgehead atoms. The molecule has 0 amide bonds. The van der Waals surface area contributed by atoms with E-state index in [1.807, 2.05) is 35.7 Å². The highest BCUT2D eigenvalue weighted by Gasteiger charge is 2.13. The molecule has 1 aromatic carbocycles. The summed E-state index contributed by atoms with van der Waals surface area (Å²) in [6.45, 7) is 1.87. The molecule has 4 rings (SSSR count). The molecule has 0 spiro atoms. The first kappa shape index (κ1) is 13.0. The summed E-state index contributed by atoms with van der Waals surface area (Å²) in [5.74, 6) is 0. The van der Waals surface area contributed by atoms with Crippen molar-refractivity contribution >= 4 is 23.4 Å². The number of aliphatic hydroxyl groups is 1. The van der Waals surface area contributed by atoms with Crippen LogP contribution in [0.3, 0.4) is 0 Å². The monoisotopic (exact) mass is 289 g/mol. The molecule has 0 unspecified atom stereocenters. The van der Waals surface area contributed by atoms with Crippen molar-refractivity contribution < 1.29 is 5.11 Å². The summed E-state index contributed by atoms with van der Waals surface area (Å²) < 4.78 is 1.90. The lowest BCUT2D eigenvalue weighted by molar-refractivity contribution is 0.275. The smallest absolute Gasteiger partial charge is 0.163 e. The van der Waals surface area contributed by atoms with Gasteiger partial charge in [-0.3, -0.25) is 9.38 Å². The van der Waals surface area contributed by atoms with E-state index >= 15 is 0 Å². The second-order valence-electron chi connectivity index (χ2n) is 5.33. The van der Waals surface area contributed by atoms with E-state index in [2.05, 4.69) is 34.3 Å². The van der Waals surface area contributed by atoms with E-state index in [1.165, 1.54) is 11.1 Å². The van der Waals surface area contributed by atoms with Crippen molar-refractivity contribution in [2.75, 3.05) is 0 Å². The molecule has 0 saturated carbocycles. The number of rotatable bonds is 2. The van der Waals surface area contributed by atoms with Gasteiger partial charge in [0.15, 0.2) is 5.65 Å². The van der Waals surface area contributed by atoms with Crippen LogP contribution in [0.4, 0.5) is 0 Å². The number of fused-ring (bicyclic) bond motifs is 2. The van der Waals surface area contributed by atoms with Crippen LogP contribution in [0.1, 0.15) is 28.2 Å². The van der Waals surface area contributed by atoms with Crippen molar-refractivity contribution in [2.45, 2.75) is 13.5 Å². The molecule has 0 radical (unpaired) electrons. The molecule has 22 heavy (non-hydrogen) atoms. The molecule has 2 aromatic heterocycles. The van der Waals surface area contributed by atoms with Crippen molar-refractivity contribution in [2.24, 2.45) is 0 Å². The van der Waals surface area contributed by atoms with Crippen molar-refractivity contribution in [3.8, 4) is 0 Å². The van der Waals surface area contributed by atoms with Crippen LogP contribution in [0.15, 0.2) is 42.7 Å². The van der Waals surface area contributed by atoms with Gasteiger partial charge in [0.05, 0.1) is 18.0 Å². The molecule has 0 fully saturated rings. The first-order valence-corrected chi connectivity index (χ1v) is 7.20. The number of aromatic nitrogens is 3. The standard InChI is InChI=1S/C18H15N3O/c1-12-17(11-22)21-9-8-19-16(18(21)20-12)10-14-7-6-13-4-2-3-5-15(13)14/h2-10,22H,11H2,1H3. The van der Waals surface area contributed by atoms with Crippen molar-refractivity contribution in [1.29, 1.82) is 0 Å². The summed E-state index contributed by atoms with van der Waals surface area (Å²) in [4.78, 5) is 9.01. The largest absolute Gasteiger partial charge is 0.390 e. The molecular formula is C18H15N3O. The Hall–Kier alpha value is -2.72. The van der Waals surface area contributed by atoms with E-state index in [4.69, 9.17) is 0 Å². The second-order valence-corrected chi connectivity index (χ2v) is 5.33. The Labute approximate surface area is 128 Å². The van der Waals surface area contributed by atoms with Gasteiger partial charge in [-0.05, 0) is 29.7 Å². The van der Waals surface area contributed by atoms with Crippen LogP contribution in [-0.4, -0.2) is 19.5 Å². The third kappa shape index (κ3) is 1.89. The summed E-state index contributed by atoms with van der Waals surface area (Å²) in [5, 5.41) is 9.50. The van der Waals surface area contributed by atoms with Gasteiger partial charge < -0.3 is 5.11 Å². The first-order valence-electron chi connectivity index (χ1n) is 7.20. The molecular weight excluding hydrogens is 274 g/mol. The predicted molar refractivity (Wildman–Crippen MR) is 87.0 cm³/mol. The SMILES string of the molecule is Cc1nc2c(C=C3C=Cc4ccccc43)nccn2c1CO. The quantitative estimate of drug-likeness (QED) is 0.788. The lowest BCUT2D eigenvalue weighted by atomic mass is 10.1. The van der Waals surface area contributed by atoms with Gasteiger partial charge in [-0.25, -0.2) is 4.98 Å². The number of nitrogens with zero attached hydrogens (tertiary/aromatic N) is 3. The molecule has 0 saturated heterocycles. The lowest BCUT2D eigenvalue weighted by Crippen LogP contribution is -1.96. The van der Waals surface area contributed by atoms with E-state index in [0.29, 0.717) is 0 Å². The Bertz CT molecular complexity index is 935.